The van der Waals surface area contributed by atoms with Gasteiger partial charge >= 0.3 is 0 Å². The third kappa shape index (κ3) is 2.24. The molecule has 1 atom stereocenters. The van der Waals surface area contributed by atoms with Crippen LogP contribution >= 0.6 is 11.3 Å². The van der Waals surface area contributed by atoms with Crippen molar-refractivity contribution in [3.05, 3.63) is 34.5 Å². The van der Waals surface area contributed by atoms with E-state index in [1.54, 1.807) is 17.7 Å². The van der Waals surface area contributed by atoms with Crippen LogP contribution in [0.15, 0.2) is 23.2 Å². The molecular formula is C10H13N3OS. The number of rotatable bonds is 4. The van der Waals surface area contributed by atoms with Gasteiger partial charge in [0.1, 0.15) is 12.9 Å². The van der Waals surface area contributed by atoms with Crippen LogP contribution in [0.25, 0.3) is 0 Å². The highest BCUT2D eigenvalue weighted by molar-refractivity contribution is 7.07. The summed E-state index contributed by atoms with van der Waals surface area (Å²) in [5.41, 5.74) is 1.31. The maximum absolute atomic E-state index is 9.06. The SMILES string of the molecule is CC(Cc1ccsc1)n1cnnc1CO. The van der Waals surface area contributed by atoms with Crippen LogP contribution < -0.4 is 0 Å². The lowest BCUT2D eigenvalue weighted by Gasteiger charge is -2.13. The van der Waals surface area contributed by atoms with Gasteiger partial charge in [-0.3, -0.25) is 0 Å². The van der Waals surface area contributed by atoms with E-state index in [-0.39, 0.29) is 12.6 Å². The highest BCUT2D eigenvalue weighted by Gasteiger charge is 2.10. The lowest BCUT2D eigenvalue weighted by molar-refractivity contribution is 0.261. The van der Waals surface area contributed by atoms with E-state index in [9.17, 15) is 0 Å². The number of hydrogen-bond donors (Lipinski definition) is 1. The van der Waals surface area contributed by atoms with Gasteiger partial charge in [0, 0.05) is 6.04 Å². The molecule has 0 aromatic carbocycles. The highest BCUT2D eigenvalue weighted by Crippen LogP contribution is 2.16. The van der Waals surface area contributed by atoms with Crippen LogP contribution in [0.2, 0.25) is 0 Å². The smallest absolute Gasteiger partial charge is 0.158 e. The molecule has 0 saturated carbocycles. The maximum atomic E-state index is 9.06. The molecule has 2 heterocycles. The first kappa shape index (κ1) is 10.3. The molecule has 0 aliphatic rings. The fraction of sp³-hybridized carbons (Fsp3) is 0.400. The Morgan fingerprint density at radius 3 is 3.13 bits per heavy atom. The van der Waals surface area contributed by atoms with Crippen LogP contribution in [-0.2, 0) is 13.0 Å². The van der Waals surface area contributed by atoms with E-state index in [0.717, 1.165) is 6.42 Å². The summed E-state index contributed by atoms with van der Waals surface area (Å²) in [7, 11) is 0. The largest absolute Gasteiger partial charge is 0.388 e. The van der Waals surface area contributed by atoms with Crippen molar-refractivity contribution in [2.45, 2.75) is 26.0 Å². The molecule has 0 aliphatic carbocycles. The molecule has 2 rings (SSSR count). The van der Waals surface area contributed by atoms with E-state index in [2.05, 4.69) is 33.9 Å². The molecule has 0 fully saturated rings. The second-order valence-electron chi connectivity index (χ2n) is 3.50. The van der Waals surface area contributed by atoms with E-state index in [0.29, 0.717) is 5.82 Å². The summed E-state index contributed by atoms with van der Waals surface area (Å²) in [5.74, 6) is 0.623. The molecule has 0 bridgehead atoms. The van der Waals surface area contributed by atoms with Crippen molar-refractivity contribution in [2.24, 2.45) is 0 Å². The molecule has 2 aromatic heterocycles. The van der Waals surface area contributed by atoms with Crippen LogP contribution in [0.4, 0.5) is 0 Å². The first-order valence-corrected chi connectivity index (χ1v) is 5.76. The molecule has 5 heteroatoms. The van der Waals surface area contributed by atoms with Crippen LogP contribution in [0.3, 0.4) is 0 Å². The molecule has 4 nitrogen and oxygen atoms in total. The minimum atomic E-state index is -0.0615. The Bertz CT molecular complexity index is 410. The molecular weight excluding hydrogens is 210 g/mol. The minimum absolute atomic E-state index is 0.0615. The molecule has 80 valence electrons. The Morgan fingerprint density at radius 1 is 1.60 bits per heavy atom. The maximum Gasteiger partial charge on any atom is 0.158 e. The molecule has 1 N–H and O–H groups in total. The summed E-state index contributed by atoms with van der Waals surface area (Å²) in [4.78, 5) is 0. The van der Waals surface area contributed by atoms with Gasteiger partial charge in [-0.15, -0.1) is 10.2 Å². The van der Waals surface area contributed by atoms with Crippen molar-refractivity contribution in [2.75, 3.05) is 0 Å². The third-order valence-corrected chi connectivity index (χ3v) is 3.11. The van der Waals surface area contributed by atoms with E-state index in [1.165, 1.54) is 5.56 Å². The fourth-order valence-corrected chi connectivity index (χ4v) is 2.28. The second kappa shape index (κ2) is 4.55. The Labute approximate surface area is 92.2 Å². The number of aliphatic hydroxyl groups is 1. The lowest BCUT2D eigenvalue weighted by atomic mass is 10.1. The van der Waals surface area contributed by atoms with Crippen molar-refractivity contribution in [3.8, 4) is 0 Å². The zero-order valence-electron chi connectivity index (χ0n) is 8.50. The van der Waals surface area contributed by atoms with Crippen LogP contribution in [0.1, 0.15) is 24.4 Å². The van der Waals surface area contributed by atoms with E-state index in [1.807, 2.05) is 4.57 Å². The summed E-state index contributed by atoms with van der Waals surface area (Å²) < 4.78 is 1.91. The number of thiophene rings is 1. The van der Waals surface area contributed by atoms with E-state index in [4.69, 9.17) is 5.11 Å². The molecule has 0 aliphatic heterocycles. The van der Waals surface area contributed by atoms with Gasteiger partial charge in [0.25, 0.3) is 0 Å². The van der Waals surface area contributed by atoms with Crippen molar-refractivity contribution in [1.82, 2.24) is 14.8 Å². The van der Waals surface area contributed by atoms with Gasteiger partial charge in [-0.05, 0) is 35.7 Å². The molecule has 2 aromatic rings. The number of aliphatic hydroxyl groups excluding tert-OH is 1. The average molecular weight is 223 g/mol. The average Bonchev–Trinajstić information content (AvgIpc) is 2.86. The topological polar surface area (TPSA) is 50.9 Å². The van der Waals surface area contributed by atoms with Gasteiger partial charge in [-0.2, -0.15) is 11.3 Å². The van der Waals surface area contributed by atoms with Crippen LogP contribution in [0, 0.1) is 0 Å². The number of aromatic nitrogens is 3. The Balaban J connectivity index is 2.11. The van der Waals surface area contributed by atoms with Crippen molar-refractivity contribution in [3.63, 3.8) is 0 Å². The Morgan fingerprint density at radius 2 is 2.47 bits per heavy atom. The van der Waals surface area contributed by atoms with Gasteiger partial charge < -0.3 is 9.67 Å². The number of hydrogen-bond acceptors (Lipinski definition) is 4. The fourth-order valence-electron chi connectivity index (χ4n) is 1.60. The van der Waals surface area contributed by atoms with E-state index < -0.39 is 0 Å². The first-order valence-electron chi connectivity index (χ1n) is 4.81. The van der Waals surface area contributed by atoms with Gasteiger partial charge in [0.15, 0.2) is 5.82 Å². The third-order valence-electron chi connectivity index (χ3n) is 2.37. The van der Waals surface area contributed by atoms with Gasteiger partial charge in [-0.25, -0.2) is 0 Å². The second-order valence-corrected chi connectivity index (χ2v) is 4.28. The zero-order valence-corrected chi connectivity index (χ0v) is 9.31. The quantitative estimate of drug-likeness (QED) is 0.857. The molecule has 1 unspecified atom stereocenters. The van der Waals surface area contributed by atoms with Crippen molar-refractivity contribution >= 4 is 11.3 Å². The minimum Gasteiger partial charge on any atom is -0.388 e. The molecule has 15 heavy (non-hydrogen) atoms. The first-order chi connectivity index (χ1) is 7.31. The Hall–Kier alpha value is -1.20. The van der Waals surface area contributed by atoms with E-state index >= 15 is 0 Å². The standard InChI is InChI=1S/C10H13N3OS/c1-8(4-9-2-3-15-6-9)13-7-11-12-10(13)5-14/h2-3,6-8,14H,4-5H2,1H3. The summed E-state index contributed by atoms with van der Waals surface area (Å²) in [6.45, 7) is 2.04. The highest BCUT2D eigenvalue weighted by atomic mass is 32.1. The Kier molecular flexibility index (Phi) is 3.13. The van der Waals surface area contributed by atoms with Crippen molar-refractivity contribution in [1.29, 1.82) is 0 Å². The van der Waals surface area contributed by atoms with Crippen molar-refractivity contribution < 1.29 is 5.11 Å². The van der Waals surface area contributed by atoms with Crippen LogP contribution in [0.5, 0.6) is 0 Å². The predicted molar refractivity (Wildman–Crippen MR) is 58.7 cm³/mol. The molecule has 0 spiro atoms. The molecule has 0 amide bonds. The van der Waals surface area contributed by atoms with Gasteiger partial charge in [0.2, 0.25) is 0 Å². The predicted octanol–water partition coefficient (Wildman–Crippen LogP) is 1.64. The lowest BCUT2D eigenvalue weighted by Crippen LogP contribution is -2.10. The monoisotopic (exact) mass is 223 g/mol. The van der Waals surface area contributed by atoms with Crippen LogP contribution in [-0.4, -0.2) is 19.9 Å². The molecule has 0 radical (unpaired) electrons. The van der Waals surface area contributed by atoms with Gasteiger partial charge in [0.05, 0.1) is 0 Å². The zero-order chi connectivity index (χ0) is 10.7. The summed E-state index contributed by atoms with van der Waals surface area (Å²) >= 11 is 1.70. The van der Waals surface area contributed by atoms with Gasteiger partial charge in [-0.1, -0.05) is 0 Å². The normalized spacial score (nSPS) is 12.9. The summed E-state index contributed by atoms with van der Waals surface area (Å²) in [6, 6.07) is 2.39. The summed E-state index contributed by atoms with van der Waals surface area (Å²) in [5, 5.41) is 20.9. The number of nitrogens with zero attached hydrogens (tertiary/aromatic N) is 3. The summed E-state index contributed by atoms with van der Waals surface area (Å²) in [6.07, 6.45) is 2.61. The molecule has 0 saturated heterocycles.